The van der Waals surface area contributed by atoms with E-state index in [0.29, 0.717) is 0 Å². The van der Waals surface area contributed by atoms with Crippen LogP contribution in [0.2, 0.25) is 0 Å². The third kappa shape index (κ3) is 3.15. The topological polar surface area (TPSA) is 42.7 Å². The lowest BCUT2D eigenvalue weighted by Crippen LogP contribution is -2.13. The van der Waals surface area contributed by atoms with Crippen LogP contribution in [-0.2, 0) is 13.1 Å². The monoisotopic (exact) mass is 236 g/mol. The van der Waals surface area contributed by atoms with Gasteiger partial charge in [0.2, 0.25) is 0 Å². The molecule has 16 heavy (non-hydrogen) atoms. The quantitative estimate of drug-likeness (QED) is 0.779. The molecule has 0 saturated heterocycles. The molecule has 2 rings (SSSR count). The molecule has 0 aliphatic rings. The maximum Gasteiger partial charge on any atom is 0.0964 e. The predicted molar refractivity (Wildman–Crippen MR) is 65.4 cm³/mol. The molecule has 5 heteroatoms. The van der Waals surface area contributed by atoms with Crippen LogP contribution in [0.4, 0.5) is 0 Å². The molecule has 0 spiro atoms. The minimum Gasteiger partial charge on any atom is -0.311 e. The molecule has 0 radical (unpaired) electrons. The summed E-state index contributed by atoms with van der Waals surface area (Å²) in [4.78, 5) is 1.30. The highest BCUT2D eigenvalue weighted by molar-refractivity contribution is 7.09. The van der Waals surface area contributed by atoms with Crippen LogP contribution in [0.1, 0.15) is 23.9 Å². The van der Waals surface area contributed by atoms with Gasteiger partial charge in [-0.25, -0.2) is 4.68 Å². The molecule has 2 aromatic rings. The van der Waals surface area contributed by atoms with E-state index in [1.807, 2.05) is 10.9 Å². The van der Waals surface area contributed by atoms with Crippen molar-refractivity contribution in [2.24, 2.45) is 0 Å². The van der Waals surface area contributed by atoms with Crippen molar-refractivity contribution in [1.29, 1.82) is 0 Å². The van der Waals surface area contributed by atoms with Crippen LogP contribution in [0.3, 0.4) is 0 Å². The molecule has 86 valence electrons. The summed E-state index contributed by atoms with van der Waals surface area (Å²) in [7, 11) is 0. The molecule has 0 aliphatic carbocycles. The fourth-order valence-electron chi connectivity index (χ4n) is 1.45. The van der Waals surface area contributed by atoms with Crippen LogP contribution in [0.15, 0.2) is 23.7 Å². The maximum absolute atomic E-state index is 4.12. The normalized spacial score (nSPS) is 10.8. The molecule has 0 aromatic carbocycles. The average Bonchev–Trinajstić information content (AvgIpc) is 2.91. The Morgan fingerprint density at radius 2 is 2.44 bits per heavy atom. The summed E-state index contributed by atoms with van der Waals surface area (Å²) in [6.07, 6.45) is 3.14. The van der Waals surface area contributed by atoms with Crippen molar-refractivity contribution in [3.05, 3.63) is 34.3 Å². The number of aromatic nitrogens is 3. The van der Waals surface area contributed by atoms with E-state index in [1.54, 1.807) is 11.3 Å². The second kappa shape index (κ2) is 5.77. The Morgan fingerprint density at radius 3 is 3.19 bits per heavy atom. The zero-order chi connectivity index (χ0) is 11.2. The van der Waals surface area contributed by atoms with Crippen LogP contribution in [-0.4, -0.2) is 21.5 Å². The molecular weight excluding hydrogens is 220 g/mol. The summed E-state index contributed by atoms with van der Waals surface area (Å²) in [6, 6.07) is 4.17. The Labute approximate surface area is 99.3 Å². The van der Waals surface area contributed by atoms with E-state index in [0.717, 1.165) is 31.7 Å². The fraction of sp³-hybridized carbons (Fsp3) is 0.455. The second-order valence-corrected chi connectivity index (χ2v) is 4.70. The third-order valence-corrected chi connectivity index (χ3v) is 3.08. The standard InChI is InChI=1S/C11H16N4S/c1-2-5-12-7-10-8-15(14-13-10)9-11-4-3-6-16-11/h3-4,6,8,12H,2,5,7,9H2,1H3. The molecule has 0 atom stereocenters. The Bertz CT molecular complexity index is 407. The first-order chi connectivity index (χ1) is 7.88. The van der Waals surface area contributed by atoms with E-state index < -0.39 is 0 Å². The van der Waals surface area contributed by atoms with Crippen molar-refractivity contribution in [2.75, 3.05) is 6.54 Å². The van der Waals surface area contributed by atoms with Crippen LogP contribution in [0.25, 0.3) is 0 Å². The molecule has 1 N–H and O–H groups in total. The molecule has 2 aromatic heterocycles. The van der Waals surface area contributed by atoms with Gasteiger partial charge in [0.15, 0.2) is 0 Å². The molecule has 0 unspecified atom stereocenters. The van der Waals surface area contributed by atoms with Gasteiger partial charge in [-0.2, -0.15) is 0 Å². The van der Waals surface area contributed by atoms with Gasteiger partial charge in [-0.05, 0) is 24.4 Å². The van der Waals surface area contributed by atoms with Gasteiger partial charge < -0.3 is 5.32 Å². The minimum atomic E-state index is 0.804. The van der Waals surface area contributed by atoms with E-state index in [-0.39, 0.29) is 0 Å². The van der Waals surface area contributed by atoms with Crippen LogP contribution in [0, 0.1) is 0 Å². The molecular formula is C11H16N4S. The Kier molecular flexibility index (Phi) is 4.07. The Balaban J connectivity index is 1.87. The van der Waals surface area contributed by atoms with Crippen molar-refractivity contribution in [1.82, 2.24) is 20.3 Å². The van der Waals surface area contributed by atoms with Gasteiger partial charge in [-0.3, -0.25) is 0 Å². The zero-order valence-electron chi connectivity index (χ0n) is 9.39. The van der Waals surface area contributed by atoms with Crippen molar-refractivity contribution in [2.45, 2.75) is 26.4 Å². The minimum absolute atomic E-state index is 0.804. The van der Waals surface area contributed by atoms with Crippen molar-refractivity contribution < 1.29 is 0 Å². The van der Waals surface area contributed by atoms with Crippen molar-refractivity contribution >= 4 is 11.3 Å². The molecule has 0 fully saturated rings. The van der Waals surface area contributed by atoms with Gasteiger partial charge in [0.1, 0.15) is 0 Å². The number of thiophene rings is 1. The second-order valence-electron chi connectivity index (χ2n) is 3.66. The molecule has 0 aliphatic heterocycles. The van der Waals surface area contributed by atoms with E-state index in [2.05, 4.69) is 40.1 Å². The number of hydrogen-bond donors (Lipinski definition) is 1. The first-order valence-electron chi connectivity index (χ1n) is 5.50. The lowest BCUT2D eigenvalue weighted by Gasteiger charge is -1.97. The van der Waals surface area contributed by atoms with Crippen LogP contribution >= 0.6 is 11.3 Å². The van der Waals surface area contributed by atoms with Crippen molar-refractivity contribution in [3.8, 4) is 0 Å². The Morgan fingerprint density at radius 1 is 1.50 bits per heavy atom. The Hall–Kier alpha value is -1.20. The fourth-order valence-corrected chi connectivity index (χ4v) is 2.15. The van der Waals surface area contributed by atoms with Gasteiger partial charge in [0, 0.05) is 11.4 Å². The summed E-state index contributed by atoms with van der Waals surface area (Å²) in [5.41, 5.74) is 1.00. The smallest absolute Gasteiger partial charge is 0.0964 e. The van der Waals surface area contributed by atoms with Gasteiger partial charge in [0.25, 0.3) is 0 Å². The van der Waals surface area contributed by atoms with E-state index in [9.17, 15) is 0 Å². The highest BCUT2D eigenvalue weighted by atomic mass is 32.1. The predicted octanol–water partition coefficient (Wildman–Crippen LogP) is 1.89. The molecule has 0 saturated carbocycles. The summed E-state index contributed by atoms with van der Waals surface area (Å²) < 4.78 is 1.88. The molecule has 0 bridgehead atoms. The first-order valence-corrected chi connectivity index (χ1v) is 6.38. The lowest BCUT2D eigenvalue weighted by atomic mass is 10.4. The summed E-state index contributed by atoms with van der Waals surface area (Å²) in [5, 5.41) is 13.6. The number of rotatable bonds is 6. The van der Waals surface area contributed by atoms with Crippen LogP contribution < -0.4 is 5.32 Å². The average molecular weight is 236 g/mol. The lowest BCUT2D eigenvalue weighted by molar-refractivity contribution is 0.649. The number of hydrogen-bond acceptors (Lipinski definition) is 4. The summed E-state index contributed by atoms with van der Waals surface area (Å²) >= 11 is 1.74. The molecule has 4 nitrogen and oxygen atoms in total. The molecule has 0 amide bonds. The number of nitrogens with zero attached hydrogens (tertiary/aromatic N) is 3. The highest BCUT2D eigenvalue weighted by Gasteiger charge is 2.01. The van der Waals surface area contributed by atoms with Crippen LogP contribution in [0.5, 0.6) is 0 Å². The van der Waals surface area contributed by atoms with E-state index in [1.165, 1.54) is 4.88 Å². The summed E-state index contributed by atoms with van der Waals surface area (Å²) in [5.74, 6) is 0. The van der Waals surface area contributed by atoms with Crippen molar-refractivity contribution in [3.63, 3.8) is 0 Å². The SMILES string of the molecule is CCCNCc1cn(Cc2cccs2)nn1. The third-order valence-electron chi connectivity index (χ3n) is 2.22. The van der Waals surface area contributed by atoms with Gasteiger partial charge in [0.05, 0.1) is 18.4 Å². The van der Waals surface area contributed by atoms with Gasteiger partial charge >= 0.3 is 0 Å². The summed E-state index contributed by atoms with van der Waals surface area (Å²) in [6.45, 7) is 4.80. The first kappa shape index (κ1) is 11.3. The van der Waals surface area contributed by atoms with Gasteiger partial charge in [-0.15, -0.1) is 16.4 Å². The molecule has 2 heterocycles. The largest absolute Gasteiger partial charge is 0.311 e. The number of nitrogens with one attached hydrogen (secondary N) is 1. The van der Waals surface area contributed by atoms with Gasteiger partial charge in [-0.1, -0.05) is 18.2 Å². The van der Waals surface area contributed by atoms with E-state index >= 15 is 0 Å². The zero-order valence-corrected chi connectivity index (χ0v) is 10.2. The highest BCUT2D eigenvalue weighted by Crippen LogP contribution is 2.09. The van der Waals surface area contributed by atoms with E-state index in [4.69, 9.17) is 0 Å². The maximum atomic E-state index is 4.12.